The van der Waals surface area contributed by atoms with Crippen LogP contribution in [0.4, 0.5) is 0 Å². The monoisotopic (exact) mass is 298 g/mol. The van der Waals surface area contributed by atoms with Crippen LogP contribution in [0, 0.1) is 23.7 Å². The zero-order valence-corrected chi connectivity index (χ0v) is 13.0. The maximum atomic E-state index is 12.2. The van der Waals surface area contributed by atoms with Crippen LogP contribution in [0.2, 0.25) is 0 Å². The Morgan fingerprint density at radius 2 is 2.10 bits per heavy atom. The van der Waals surface area contributed by atoms with E-state index in [1.165, 1.54) is 17.8 Å². The minimum Gasteiger partial charge on any atom is -0.354 e. The van der Waals surface area contributed by atoms with E-state index in [0.717, 1.165) is 10.5 Å². The number of hydrogen-bond donors (Lipinski definition) is 1. The quantitative estimate of drug-likeness (QED) is 0.380. The van der Waals surface area contributed by atoms with Gasteiger partial charge in [0.1, 0.15) is 0 Å². The Kier molecular flexibility index (Phi) is 6.59. The van der Waals surface area contributed by atoms with Gasteiger partial charge in [-0.2, -0.15) is 5.26 Å². The van der Waals surface area contributed by atoms with E-state index in [1.807, 2.05) is 44.2 Å². The first-order chi connectivity index (χ1) is 10.0. The second-order valence-electron chi connectivity index (χ2n) is 4.91. The van der Waals surface area contributed by atoms with E-state index in [-0.39, 0.29) is 5.91 Å². The SMILES string of the molecule is C#CCCNC(=O)C(C)(C)c1ccc(SC=CC#N)cc1. The molecule has 0 unspecified atom stereocenters. The Hall–Kier alpha value is -2.17. The van der Waals surface area contributed by atoms with Crippen LogP contribution >= 0.6 is 11.8 Å². The van der Waals surface area contributed by atoms with Gasteiger partial charge in [0.2, 0.25) is 5.91 Å². The van der Waals surface area contributed by atoms with Gasteiger partial charge in [-0.05, 0) is 37.0 Å². The number of carbonyl (C=O) groups excluding carboxylic acids is 1. The number of nitrogens with one attached hydrogen (secondary N) is 1. The topological polar surface area (TPSA) is 52.9 Å². The molecule has 0 saturated carbocycles. The van der Waals surface area contributed by atoms with Gasteiger partial charge in [0, 0.05) is 23.9 Å². The summed E-state index contributed by atoms with van der Waals surface area (Å²) in [5.41, 5.74) is 0.328. The Morgan fingerprint density at radius 3 is 2.67 bits per heavy atom. The van der Waals surface area contributed by atoms with Gasteiger partial charge in [-0.25, -0.2) is 0 Å². The molecule has 0 saturated heterocycles. The Balaban J connectivity index is 2.75. The predicted molar refractivity (Wildman–Crippen MR) is 86.5 cm³/mol. The largest absolute Gasteiger partial charge is 0.354 e. The zero-order valence-electron chi connectivity index (χ0n) is 12.2. The molecule has 1 aromatic carbocycles. The molecule has 0 spiro atoms. The molecular formula is C17H18N2OS. The van der Waals surface area contributed by atoms with Crippen molar-refractivity contribution < 1.29 is 4.79 Å². The Morgan fingerprint density at radius 1 is 1.43 bits per heavy atom. The first-order valence-electron chi connectivity index (χ1n) is 6.56. The summed E-state index contributed by atoms with van der Waals surface area (Å²) < 4.78 is 0. The number of nitrogens with zero attached hydrogens (tertiary/aromatic N) is 1. The van der Waals surface area contributed by atoms with Gasteiger partial charge in [-0.3, -0.25) is 4.79 Å². The van der Waals surface area contributed by atoms with E-state index >= 15 is 0 Å². The van der Waals surface area contributed by atoms with Crippen LogP contribution in [-0.2, 0) is 10.2 Å². The maximum Gasteiger partial charge on any atom is 0.230 e. The van der Waals surface area contributed by atoms with Crippen LogP contribution in [-0.4, -0.2) is 12.5 Å². The molecule has 0 aromatic heterocycles. The van der Waals surface area contributed by atoms with Crippen LogP contribution in [0.1, 0.15) is 25.8 Å². The highest BCUT2D eigenvalue weighted by Gasteiger charge is 2.29. The molecule has 0 atom stereocenters. The van der Waals surface area contributed by atoms with Crippen molar-refractivity contribution in [2.24, 2.45) is 0 Å². The fourth-order valence-corrected chi connectivity index (χ4v) is 2.27. The van der Waals surface area contributed by atoms with Crippen molar-refractivity contribution in [2.45, 2.75) is 30.6 Å². The highest BCUT2D eigenvalue weighted by atomic mass is 32.2. The van der Waals surface area contributed by atoms with E-state index in [2.05, 4.69) is 11.2 Å². The molecule has 0 fully saturated rings. The van der Waals surface area contributed by atoms with Crippen molar-refractivity contribution in [3.05, 3.63) is 41.3 Å². The lowest BCUT2D eigenvalue weighted by Gasteiger charge is -2.24. The van der Waals surface area contributed by atoms with E-state index in [9.17, 15) is 4.79 Å². The summed E-state index contributed by atoms with van der Waals surface area (Å²) in [6.45, 7) is 4.26. The van der Waals surface area contributed by atoms with Crippen LogP contribution in [0.3, 0.4) is 0 Å². The van der Waals surface area contributed by atoms with E-state index in [0.29, 0.717) is 13.0 Å². The third-order valence-electron chi connectivity index (χ3n) is 3.05. The lowest BCUT2D eigenvalue weighted by molar-refractivity contribution is -0.125. The van der Waals surface area contributed by atoms with Crippen molar-refractivity contribution in [1.29, 1.82) is 5.26 Å². The van der Waals surface area contributed by atoms with Crippen LogP contribution in [0.15, 0.2) is 40.6 Å². The van der Waals surface area contributed by atoms with Gasteiger partial charge in [-0.1, -0.05) is 23.9 Å². The number of amides is 1. The fraction of sp³-hybridized carbons (Fsp3) is 0.294. The average Bonchev–Trinajstić information content (AvgIpc) is 2.48. The van der Waals surface area contributed by atoms with E-state index in [4.69, 9.17) is 11.7 Å². The summed E-state index contributed by atoms with van der Waals surface area (Å²) in [6.07, 6.45) is 7.13. The molecule has 0 radical (unpaired) electrons. The molecule has 1 aromatic rings. The average molecular weight is 298 g/mol. The normalized spacial score (nSPS) is 10.9. The van der Waals surface area contributed by atoms with Gasteiger partial charge in [-0.15, -0.1) is 12.3 Å². The smallest absolute Gasteiger partial charge is 0.230 e. The van der Waals surface area contributed by atoms with E-state index in [1.54, 1.807) is 5.41 Å². The van der Waals surface area contributed by atoms with Gasteiger partial charge in [0.15, 0.2) is 0 Å². The minimum atomic E-state index is -0.611. The number of terminal acetylenes is 1. The summed E-state index contributed by atoms with van der Waals surface area (Å²) in [7, 11) is 0. The molecule has 1 rings (SSSR count). The van der Waals surface area contributed by atoms with Crippen molar-refractivity contribution >= 4 is 17.7 Å². The number of carbonyl (C=O) groups is 1. The first-order valence-corrected chi connectivity index (χ1v) is 7.44. The molecule has 3 nitrogen and oxygen atoms in total. The van der Waals surface area contributed by atoms with Crippen molar-refractivity contribution in [3.8, 4) is 18.4 Å². The van der Waals surface area contributed by atoms with Crippen molar-refractivity contribution in [3.63, 3.8) is 0 Å². The summed E-state index contributed by atoms with van der Waals surface area (Å²) >= 11 is 1.46. The third-order valence-corrected chi connectivity index (χ3v) is 3.86. The fourth-order valence-electron chi connectivity index (χ4n) is 1.69. The lowest BCUT2D eigenvalue weighted by Crippen LogP contribution is -2.40. The molecule has 1 amide bonds. The molecule has 0 aliphatic carbocycles. The second-order valence-corrected chi connectivity index (χ2v) is 5.89. The number of rotatable bonds is 6. The Bertz CT molecular complexity index is 589. The molecule has 0 heterocycles. The summed E-state index contributed by atoms with van der Waals surface area (Å²) in [5.74, 6) is 2.46. The highest BCUT2D eigenvalue weighted by Crippen LogP contribution is 2.27. The number of nitriles is 1. The number of benzene rings is 1. The number of thioether (sulfide) groups is 1. The predicted octanol–water partition coefficient (Wildman–Crippen LogP) is 3.23. The van der Waals surface area contributed by atoms with Crippen molar-refractivity contribution in [2.75, 3.05) is 6.54 Å². The van der Waals surface area contributed by atoms with Crippen LogP contribution in [0.25, 0.3) is 0 Å². The van der Waals surface area contributed by atoms with Gasteiger partial charge >= 0.3 is 0 Å². The lowest BCUT2D eigenvalue weighted by atomic mass is 9.84. The summed E-state index contributed by atoms with van der Waals surface area (Å²) in [4.78, 5) is 13.2. The molecule has 21 heavy (non-hydrogen) atoms. The van der Waals surface area contributed by atoms with Crippen LogP contribution < -0.4 is 5.32 Å². The molecule has 0 aliphatic rings. The molecule has 1 N–H and O–H groups in total. The number of allylic oxidation sites excluding steroid dienone is 1. The summed E-state index contributed by atoms with van der Waals surface area (Å²) in [5, 5.41) is 13.0. The highest BCUT2D eigenvalue weighted by molar-refractivity contribution is 8.02. The zero-order chi connectivity index (χ0) is 15.7. The van der Waals surface area contributed by atoms with Gasteiger partial charge in [0.25, 0.3) is 0 Å². The molecule has 108 valence electrons. The number of hydrogen-bond acceptors (Lipinski definition) is 3. The van der Waals surface area contributed by atoms with Gasteiger partial charge < -0.3 is 5.32 Å². The van der Waals surface area contributed by atoms with Gasteiger partial charge in [0.05, 0.1) is 11.5 Å². The summed E-state index contributed by atoms with van der Waals surface area (Å²) in [6, 6.07) is 9.70. The Labute approximate surface area is 130 Å². The van der Waals surface area contributed by atoms with Crippen LogP contribution in [0.5, 0.6) is 0 Å². The molecule has 0 bridgehead atoms. The second kappa shape index (κ2) is 8.19. The molecule has 4 heteroatoms. The standard InChI is InChI=1S/C17H18N2OS/c1-4-5-12-19-16(20)17(2,3)14-7-9-15(10-8-14)21-13-6-11-18/h1,6-10,13H,5,12H2,2-3H3,(H,19,20). The molecular weight excluding hydrogens is 280 g/mol. The van der Waals surface area contributed by atoms with E-state index < -0.39 is 5.41 Å². The minimum absolute atomic E-state index is 0.0393. The van der Waals surface area contributed by atoms with Crippen molar-refractivity contribution in [1.82, 2.24) is 5.32 Å². The first kappa shape index (κ1) is 16.9. The maximum absolute atomic E-state index is 12.2. The third kappa shape index (κ3) is 5.02. The molecule has 0 aliphatic heterocycles.